The van der Waals surface area contributed by atoms with Crippen molar-refractivity contribution >= 4 is 23.7 Å². The van der Waals surface area contributed by atoms with Crippen LogP contribution in [0.1, 0.15) is 36.5 Å². The minimum absolute atomic E-state index is 0.261. The van der Waals surface area contributed by atoms with Crippen LogP contribution in [0.4, 0.5) is 11.4 Å². The number of benzene rings is 2. The molecular formula is C20H25N2O2+. The van der Waals surface area contributed by atoms with Crippen molar-refractivity contribution in [1.82, 2.24) is 0 Å². The molecule has 0 aliphatic carbocycles. The maximum Gasteiger partial charge on any atom is 0.338 e. The largest absolute Gasteiger partial charge is 0.462 e. The summed E-state index contributed by atoms with van der Waals surface area (Å²) < 4.78 is 7.25. The summed E-state index contributed by atoms with van der Waals surface area (Å²) in [4.78, 5) is 11.9. The van der Waals surface area contributed by atoms with Crippen LogP contribution in [0, 0.1) is 0 Å². The van der Waals surface area contributed by atoms with Gasteiger partial charge in [0.15, 0.2) is 0 Å². The van der Waals surface area contributed by atoms with E-state index in [1.54, 1.807) is 12.1 Å². The normalized spacial score (nSPS) is 11.2. The Labute approximate surface area is 143 Å². The first-order valence-corrected chi connectivity index (χ1v) is 8.35. The highest BCUT2D eigenvalue weighted by Gasteiger charge is 2.07. The zero-order chi connectivity index (χ0) is 17.2. The molecule has 0 saturated heterocycles. The van der Waals surface area contributed by atoms with Crippen LogP contribution in [-0.2, 0) is 4.74 Å². The van der Waals surface area contributed by atoms with Gasteiger partial charge in [0.2, 0.25) is 6.34 Å². The fourth-order valence-corrected chi connectivity index (χ4v) is 2.21. The summed E-state index contributed by atoms with van der Waals surface area (Å²) in [7, 11) is 1.98. The highest BCUT2D eigenvalue weighted by molar-refractivity contribution is 5.90. The van der Waals surface area contributed by atoms with E-state index in [9.17, 15) is 4.79 Å². The number of ether oxygens (including phenoxy) is 1. The maximum atomic E-state index is 11.9. The van der Waals surface area contributed by atoms with E-state index < -0.39 is 0 Å². The van der Waals surface area contributed by atoms with Crippen LogP contribution in [-0.4, -0.2) is 30.5 Å². The highest BCUT2D eigenvalue weighted by Crippen LogP contribution is 2.11. The molecule has 0 aliphatic heterocycles. The van der Waals surface area contributed by atoms with Crippen LogP contribution in [0.15, 0.2) is 54.6 Å². The first-order chi connectivity index (χ1) is 11.7. The van der Waals surface area contributed by atoms with Gasteiger partial charge in [0, 0.05) is 0 Å². The van der Waals surface area contributed by atoms with E-state index in [4.69, 9.17) is 4.74 Å². The fraction of sp³-hybridized carbons (Fsp3) is 0.300. The van der Waals surface area contributed by atoms with Gasteiger partial charge in [0.1, 0.15) is 11.4 Å². The molecule has 0 radical (unpaired) electrons. The molecule has 0 heterocycles. The third-order valence-electron chi connectivity index (χ3n) is 3.69. The fourth-order valence-electron chi connectivity index (χ4n) is 2.21. The Balaban J connectivity index is 1.89. The Bertz CT molecular complexity index is 664. The first-order valence-electron chi connectivity index (χ1n) is 8.35. The molecule has 24 heavy (non-hydrogen) atoms. The summed E-state index contributed by atoms with van der Waals surface area (Å²) in [5.74, 6) is -0.261. The summed E-state index contributed by atoms with van der Waals surface area (Å²) in [5.41, 5.74) is 2.59. The number of unbranched alkanes of at least 4 members (excludes halogenated alkanes) is 2. The first kappa shape index (κ1) is 17.7. The smallest absolute Gasteiger partial charge is 0.338 e. The third-order valence-corrected chi connectivity index (χ3v) is 3.69. The molecule has 0 aromatic heterocycles. The SMILES string of the molecule is CCCCCOC(=O)c1ccc(NC=[N+](C)c2ccccc2)cc1. The molecule has 0 amide bonds. The molecule has 2 aromatic carbocycles. The summed E-state index contributed by atoms with van der Waals surface area (Å²) in [6, 6.07) is 17.4. The van der Waals surface area contributed by atoms with Gasteiger partial charge < -0.3 is 4.74 Å². The van der Waals surface area contributed by atoms with E-state index in [0.29, 0.717) is 12.2 Å². The lowest BCUT2D eigenvalue weighted by Crippen LogP contribution is -2.09. The number of esters is 1. The lowest BCUT2D eigenvalue weighted by Gasteiger charge is -2.04. The van der Waals surface area contributed by atoms with Crippen LogP contribution in [0.2, 0.25) is 0 Å². The van der Waals surface area contributed by atoms with E-state index in [1.807, 2.05) is 60.4 Å². The molecule has 0 fully saturated rings. The van der Waals surface area contributed by atoms with Gasteiger partial charge in [-0.15, -0.1) is 0 Å². The average molecular weight is 325 g/mol. The molecule has 1 N–H and O–H groups in total. The maximum absolute atomic E-state index is 11.9. The van der Waals surface area contributed by atoms with Gasteiger partial charge in [-0.3, -0.25) is 0 Å². The van der Waals surface area contributed by atoms with Crippen LogP contribution in [0.5, 0.6) is 0 Å². The van der Waals surface area contributed by atoms with Gasteiger partial charge in [-0.25, -0.2) is 14.7 Å². The Morgan fingerprint density at radius 2 is 1.79 bits per heavy atom. The molecule has 126 valence electrons. The molecule has 0 atom stereocenters. The lowest BCUT2D eigenvalue weighted by molar-refractivity contribution is -0.399. The number of anilines is 1. The molecule has 0 bridgehead atoms. The van der Waals surface area contributed by atoms with Crippen molar-refractivity contribution in [3.05, 3.63) is 60.2 Å². The molecule has 0 saturated carbocycles. The van der Waals surface area contributed by atoms with Gasteiger partial charge in [0.25, 0.3) is 0 Å². The quantitative estimate of drug-likeness (QED) is 0.256. The number of hydrogen-bond donors (Lipinski definition) is 1. The zero-order valence-electron chi connectivity index (χ0n) is 14.4. The van der Waals surface area contributed by atoms with Gasteiger partial charge in [0.05, 0.1) is 19.2 Å². The number of nitrogens with zero attached hydrogens (tertiary/aromatic N) is 1. The van der Waals surface area contributed by atoms with E-state index in [1.165, 1.54) is 0 Å². The summed E-state index contributed by atoms with van der Waals surface area (Å²) >= 11 is 0. The van der Waals surface area contributed by atoms with Crippen LogP contribution >= 0.6 is 0 Å². The standard InChI is InChI=1S/C20H24N2O2/c1-3-4-8-15-24-20(23)17-11-13-18(14-12-17)21-16-22(2)19-9-6-5-7-10-19/h5-7,9-14,16H,3-4,8,15H2,1-2H3/p+1. The van der Waals surface area contributed by atoms with Crippen LogP contribution in [0.3, 0.4) is 0 Å². The predicted molar refractivity (Wildman–Crippen MR) is 98.2 cm³/mol. The monoisotopic (exact) mass is 325 g/mol. The Morgan fingerprint density at radius 3 is 2.46 bits per heavy atom. The third kappa shape index (κ3) is 5.54. The summed E-state index contributed by atoms with van der Waals surface area (Å²) in [6.45, 7) is 2.61. The van der Waals surface area contributed by atoms with Crippen molar-refractivity contribution < 1.29 is 14.1 Å². The van der Waals surface area contributed by atoms with E-state index in [-0.39, 0.29) is 5.97 Å². The average Bonchev–Trinajstić information content (AvgIpc) is 2.64. The Kier molecular flexibility index (Phi) is 7.02. The molecule has 0 spiro atoms. The van der Waals surface area contributed by atoms with Gasteiger partial charge in [-0.05, 0) is 42.8 Å². The number of nitrogens with one attached hydrogen (secondary N) is 1. The molecule has 2 aromatic rings. The second kappa shape index (κ2) is 9.50. The number of rotatable bonds is 8. The number of hydrogen-bond acceptors (Lipinski definition) is 2. The van der Waals surface area contributed by atoms with Gasteiger partial charge in [-0.1, -0.05) is 38.0 Å². The van der Waals surface area contributed by atoms with Gasteiger partial charge in [-0.2, -0.15) is 0 Å². The minimum atomic E-state index is -0.261. The van der Waals surface area contributed by atoms with Crippen molar-refractivity contribution in [2.24, 2.45) is 0 Å². The lowest BCUT2D eigenvalue weighted by atomic mass is 10.2. The molecule has 0 unspecified atom stereocenters. The van der Waals surface area contributed by atoms with Crippen molar-refractivity contribution in [2.45, 2.75) is 26.2 Å². The Morgan fingerprint density at radius 1 is 1.08 bits per heavy atom. The number of carbonyl (C=O) groups is 1. The number of para-hydroxylation sites is 1. The Hall–Kier alpha value is -2.62. The predicted octanol–water partition coefficient (Wildman–Crippen LogP) is 4.45. The van der Waals surface area contributed by atoms with E-state index in [0.717, 1.165) is 30.6 Å². The van der Waals surface area contributed by atoms with Crippen LogP contribution in [0.25, 0.3) is 0 Å². The van der Waals surface area contributed by atoms with Crippen molar-refractivity contribution in [3.8, 4) is 0 Å². The highest BCUT2D eigenvalue weighted by atomic mass is 16.5. The summed E-state index contributed by atoms with van der Waals surface area (Å²) in [5, 5.41) is 3.22. The molecule has 4 nitrogen and oxygen atoms in total. The van der Waals surface area contributed by atoms with Crippen LogP contribution < -0.4 is 5.32 Å². The van der Waals surface area contributed by atoms with E-state index in [2.05, 4.69) is 12.2 Å². The second-order valence-electron chi connectivity index (χ2n) is 5.64. The molecule has 2 rings (SSSR count). The van der Waals surface area contributed by atoms with Crippen molar-refractivity contribution in [2.75, 3.05) is 19.0 Å². The zero-order valence-corrected chi connectivity index (χ0v) is 14.4. The summed E-state index contributed by atoms with van der Waals surface area (Å²) in [6.07, 6.45) is 5.00. The molecular weight excluding hydrogens is 300 g/mol. The molecule has 4 heteroatoms. The minimum Gasteiger partial charge on any atom is -0.462 e. The molecule has 0 aliphatic rings. The van der Waals surface area contributed by atoms with Gasteiger partial charge >= 0.3 is 5.97 Å². The second-order valence-corrected chi connectivity index (χ2v) is 5.64. The van der Waals surface area contributed by atoms with Crippen molar-refractivity contribution in [1.29, 1.82) is 0 Å². The topological polar surface area (TPSA) is 41.3 Å². The van der Waals surface area contributed by atoms with Crippen molar-refractivity contribution in [3.63, 3.8) is 0 Å². The number of carbonyl (C=O) groups excluding carboxylic acids is 1. The van der Waals surface area contributed by atoms with E-state index >= 15 is 0 Å².